The van der Waals surface area contributed by atoms with Gasteiger partial charge in [-0.05, 0) is 31.4 Å². The van der Waals surface area contributed by atoms with Crippen molar-refractivity contribution in [2.45, 2.75) is 39.8 Å². The Labute approximate surface area is 135 Å². The molecule has 0 aliphatic heterocycles. The second-order valence-electron chi connectivity index (χ2n) is 6.39. The van der Waals surface area contributed by atoms with Crippen LogP contribution in [0.1, 0.15) is 31.4 Å². The van der Waals surface area contributed by atoms with Crippen LogP contribution in [0.4, 0.5) is 0 Å². The molecule has 1 atom stereocenters. The molecule has 0 aliphatic rings. The molecule has 1 N–H and O–H groups in total. The Balaban J connectivity index is 2.56. The highest BCUT2D eigenvalue weighted by Gasteiger charge is 2.13. The van der Waals surface area contributed by atoms with Crippen molar-refractivity contribution in [3.8, 4) is 0 Å². The van der Waals surface area contributed by atoms with Gasteiger partial charge < -0.3 is 9.84 Å². The Morgan fingerprint density at radius 1 is 1.36 bits per heavy atom. The van der Waals surface area contributed by atoms with E-state index in [0.29, 0.717) is 25.7 Å². The van der Waals surface area contributed by atoms with Gasteiger partial charge in [0, 0.05) is 13.1 Å². The molecule has 3 heteroatoms. The molecule has 3 nitrogen and oxygen atoms in total. The van der Waals surface area contributed by atoms with Crippen molar-refractivity contribution in [2.75, 3.05) is 26.3 Å². The molecule has 124 valence electrons. The second-order valence-corrected chi connectivity index (χ2v) is 6.39. The average molecular weight is 305 g/mol. The summed E-state index contributed by atoms with van der Waals surface area (Å²) < 4.78 is 5.35. The Morgan fingerprint density at radius 2 is 2.14 bits per heavy atom. The van der Waals surface area contributed by atoms with E-state index in [1.165, 1.54) is 11.1 Å². The predicted octanol–water partition coefficient (Wildman–Crippen LogP) is 3.41. The zero-order valence-electron chi connectivity index (χ0n) is 14.3. The highest BCUT2D eigenvalue weighted by atomic mass is 16.5. The van der Waals surface area contributed by atoms with Gasteiger partial charge in [-0.25, -0.2) is 0 Å². The van der Waals surface area contributed by atoms with Crippen LogP contribution in [-0.2, 0) is 11.3 Å². The second kappa shape index (κ2) is 10.5. The molecule has 0 amide bonds. The summed E-state index contributed by atoms with van der Waals surface area (Å²) in [5, 5.41) is 10.1. The van der Waals surface area contributed by atoms with Crippen LogP contribution >= 0.6 is 0 Å². The summed E-state index contributed by atoms with van der Waals surface area (Å²) in [7, 11) is 0. The molecule has 0 heterocycles. The third-order valence-electron chi connectivity index (χ3n) is 3.53. The van der Waals surface area contributed by atoms with E-state index in [0.717, 1.165) is 19.5 Å². The van der Waals surface area contributed by atoms with Gasteiger partial charge in [0.25, 0.3) is 0 Å². The van der Waals surface area contributed by atoms with Crippen LogP contribution in [0, 0.1) is 12.8 Å². The molecule has 0 fully saturated rings. The van der Waals surface area contributed by atoms with Gasteiger partial charge in [0.15, 0.2) is 0 Å². The van der Waals surface area contributed by atoms with Crippen LogP contribution in [0.3, 0.4) is 0 Å². The van der Waals surface area contributed by atoms with Crippen LogP contribution in [0.5, 0.6) is 0 Å². The summed E-state index contributed by atoms with van der Waals surface area (Å²) in [4.78, 5) is 2.32. The topological polar surface area (TPSA) is 32.7 Å². The normalized spacial score (nSPS) is 12.8. The van der Waals surface area contributed by atoms with Gasteiger partial charge >= 0.3 is 0 Å². The molecule has 1 rings (SSSR count). The standard InChI is InChI=1S/C19H31NO2/c1-5-11-22-15-19(21)14-20(10-9-16(2)3)13-18-8-6-7-17(4)12-18/h5-8,12,16,19,21H,1,9-11,13-15H2,2-4H3/t19-/m0/s1. The molecule has 0 aromatic heterocycles. The van der Waals surface area contributed by atoms with Crippen LogP contribution < -0.4 is 0 Å². The first-order valence-corrected chi connectivity index (χ1v) is 8.16. The van der Waals surface area contributed by atoms with E-state index in [1.54, 1.807) is 6.08 Å². The molecule has 0 saturated carbocycles. The lowest BCUT2D eigenvalue weighted by molar-refractivity contribution is 0.0237. The number of aliphatic hydroxyl groups is 1. The number of nitrogens with zero attached hydrogens (tertiary/aromatic N) is 1. The predicted molar refractivity (Wildman–Crippen MR) is 92.9 cm³/mol. The summed E-state index contributed by atoms with van der Waals surface area (Å²) in [5.41, 5.74) is 2.57. The van der Waals surface area contributed by atoms with Crippen LogP contribution in [0.2, 0.25) is 0 Å². The minimum atomic E-state index is -0.461. The molecule has 0 saturated heterocycles. The largest absolute Gasteiger partial charge is 0.389 e. The SMILES string of the molecule is C=CCOC[C@@H](O)CN(CCC(C)C)Cc1cccc(C)c1. The zero-order valence-corrected chi connectivity index (χ0v) is 14.3. The Kier molecular flexibility index (Phi) is 9.05. The van der Waals surface area contributed by atoms with Gasteiger partial charge in [0.1, 0.15) is 0 Å². The van der Waals surface area contributed by atoms with Crippen molar-refractivity contribution in [1.82, 2.24) is 4.90 Å². The molecule has 1 aromatic rings. The number of aryl methyl sites for hydroxylation is 1. The fourth-order valence-corrected chi connectivity index (χ4v) is 2.38. The molecule has 1 aromatic carbocycles. The fraction of sp³-hybridized carbons (Fsp3) is 0.579. The highest BCUT2D eigenvalue weighted by Crippen LogP contribution is 2.11. The molecule has 0 spiro atoms. The molecule has 0 bridgehead atoms. The summed E-state index contributed by atoms with van der Waals surface area (Å²) in [5.74, 6) is 0.661. The molecule has 22 heavy (non-hydrogen) atoms. The van der Waals surface area contributed by atoms with Crippen molar-refractivity contribution >= 4 is 0 Å². The van der Waals surface area contributed by atoms with Gasteiger partial charge in [-0.3, -0.25) is 4.90 Å². The molecular formula is C19H31NO2. The van der Waals surface area contributed by atoms with Crippen LogP contribution in [0.15, 0.2) is 36.9 Å². The Hall–Kier alpha value is -1.16. The number of ether oxygens (including phenoxy) is 1. The van der Waals surface area contributed by atoms with Gasteiger partial charge in [0.05, 0.1) is 19.3 Å². The van der Waals surface area contributed by atoms with E-state index in [1.807, 2.05) is 0 Å². The Morgan fingerprint density at radius 3 is 2.77 bits per heavy atom. The summed E-state index contributed by atoms with van der Waals surface area (Å²) in [6.45, 7) is 13.5. The maximum atomic E-state index is 10.1. The maximum Gasteiger partial charge on any atom is 0.0900 e. The minimum Gasteiger partial charge on any atom is -0.389 e. The first kappa shape index (κ1) is 18.9. The zero-order chi connectivity index (χ0) is 16.4. The first-order chi connectivity index (χ1) is 10.5. The van der Waals surface area contributed by atoms with E-state index < -0.39 is 6.10 Å². The first-order valence-electron chi connectivity index (χ1n) is 8.16. The number of hydrogen-bond donors (Lipinski definition) is 1. The van der Waals surface area contributed by atoms with Crippen molar-refractivity contribution in [3.63, 3.8) is 0 Å². The van der Waals surface area contributed by atoms with Gasteiger partial charge in [-0.1, -0.05) is 49.8 Å². The Bertz CT molecular complexity index is 431. The van der Waals surface area contributed by atoms with Crippen molar-refractivity contribution < 1.29 is 9.84 Å². The number of rotatable bonds is 11. The van der Waals surface area contributed by atoms with Crippen LogP contribution in [-0.4, -0.2) is 42.4 Å². The average Bonchev–Trinajstić information content (AvgIpc) is 2.45. The smallest absolute Gasteiger partial charge is 0.0900 e. The number of aliphatic hydroxyl groups excluding tert-OH is 1. The number of benzene rings is 1. The fourth-order valence-electron chi connectivity index (χ4n) is 2.38. The summed E-state index contributed by atoms with van der Waals surface area (Å²) in [6.07, 6.45) is 2.37. The van der Waals surface area contributed by atoms with Gasteiger partial charge in [-0.2, -0.15) is 0 Å². The third kappa shape index (κ3) is 8.32. The molecular weight excluding hydrogens is 274 g/mol. The van der Waals surface area contributed by atoms with Crippen molar-refractivity contribution in [2.24, 2.45) is 5.92 Å². The van der Waals surface area contributed by atoms with Gasteiger partial charge in [0.2, 0.25) is 0 Å². The van der Waals surface area contributed by atoms with E-state index in [9.17, 15) is 5.11 Å². The van der Waals surface area contributed by atoms with Crippen LogP contribution in [0.25, 0.3) is 0 Å². The summed E-state index contributed by atoms with van der Waals surface area (Å²) >= 11 is 0. The molecule has 0 aliphatic carbocycles. The third-order valence-corrected chi connectivity index (χ3v) is 3.53. The van der Waals surface area contributed by atoms with E-state index in [-0.39, 0.29) is 0 Å². The quantitative estimate of drug-likeness (QED) is 0.502. The highest BCUT2D eigenvalue weighted by molar-refractivity contribution is 5.22. The molecule has 0 radical (unpaired) electrons. The van der Waals surface area contributed by atoms with Crippen molar-refractivity contribution in [3.05, 3.63) is 48.0 Å². The lowest BCUT2D eigenvalue weighted by atomic mass is 10.1. The molecule has 0 unspecified atom stereocenters. The van der Waals surface area contributed by atoms with Gasteiger partial charge in [-0.15, -0.1) is 6.58 Å². The summed E-state index contributed by atoms with van der Waals surface area (Å²) in [6, 6.07) is 8.56. The lowest BCUT2D eigenvalue weighted by Crippen LogP contribution is -2.35. The van der Waals surface area contributed by atoms with E-state index >= 15 is 0 Å². The van der Waals surface area contributed by atoms with Crippen molar-refractivity contribution in [1.29, 1.82) is 0 Å². The van der Waals surface area contributed by atoms with E-state index in [2.05, 4.69) is 56.5 Å². The minimum absolute atomic E-state index is 0.359. The lowest BCUT2D eigenvalue weighted by Gasteiger charge is -2.26. The maximum absolute atomic E-state index is 10.1. The monoisotopic (exact) mass is 305 g/mol. The number of hydrogen-bond acceptors (Lipinski definition) is 3. The van der Waals surface area contributed by atoms with E-state index in [4.69, 9.17) is 4.74 Å².